The van der Waals surface area contributed by atoms with E-state index in [1.807, 2.05) is 36.4 Å². The van der Waals surface area contributed by atoms with Gasteiger partial charge in [-0.3, -0.25) is 4.79 Å². The maximum atomic E-state index is 12.8. The van der Waals surface area contributed by atoms with Gasteiger partial charge < -0.3 is 9.47 Å². The Morgan fingerprint density at radius 3 is 1.73 bits per heavy atom. The van der Waals surface area contributed by atoms with Gasteiger partial charge in [-0.1, -0.05) is 113 Å². The van der Waals surface area contributed by atoms with Crippen LogP contribution in [0.15, 0.2) is 78.9 Å². The first-order chi connectivity index (χ1) is 15.8. The minimum atomic E-state index is -0.136. The summed E-state index contributed by atoms with van der Waals surface area (Å²) < 4.78 is 12.0. The number of carbonyl (C=O) groups is 1. The molecule has 0 saturated carbocycles. The first kappa shape index (κ1) is 24.6. The molecule has 1 atom stereocenters. The number of esters is 1. The van der Waals surface area contributed by atoms with E-state index >= 15 is 0 Å². The fourth-order valence-electron chi connectivity index (χ4n) is 4.03. The molecule has 174 valence electrons. The van der Waals surface area contributed by atoms with Crippen LogP contribution >= 0.6 is 0 Å². The van der Waals surface area contributed by atoms with E-state index in [4.69, 9.17) is 9.47 Å². The topological polar surface area (TPSA) is 35.5 Å². The van der Waals surface area contributed by atoms with Gasteiger partial charge >= 0.3 is 5.97 Å². The van der Waals surface area contributed by atoms with Gasteiger partial charge in [0.05, 0.1) is 5.92 Å². The fraction of sp³-hybridized carbons (Fsp3) is 0.367. The Hall–Kier alpha value is -3.07. The molecule has 0 aromatic heterocycles. The van der Waals surface area contributed by atoms with Crippen LogP contribution in [-0.4, -0.2) is 19.2 Å². The molecule has 3 nitrogen and oxygen atoms in total. The van der Waals surface area contributed by atoms with Gasteiger partial charge in [-0.25, -0.2) is 0 Å². The maximum Gasteiger partial charge on any atom is 0.309 e. The molecule has 0 radical (unpaired) electrons. The molecular weight excluding hydrogens is 408 g/mol. The van der Waals surface area contributed by atoms with Gasteiger partial charge in [0.25, 0.3) is 0 Å². The second-order valence-corrected chi connectivity index (χ2v) is 10.0. The highest BCUT2D eigenvalue weighted by atomic mass is 16.6. The van der Waals surface area contributed by atoms with Crippen LogP contribution in [0.4, 0.5) is 0 Å². The number of para-hydroxylation sites is 1. The van der Waals surface area contributed by atoms with E-state index in [-0.39, 0.29) is 29.8 Å². The minimum Gasteiger partial charge on any atom is -0.489 e. The molecule has 1 unspecified atom stereocenters. The molecule has 3 aromatic rings. The summed E-state index contributed by atoms with van der Waals surface area (Å²) in [6.45, 7) is 11.2. The summed E-state index contributed by atoms with van der Waals surface area (Å²) in [5.74, 6) is 0.798. The van der Waals surface area contributed by atoms with Gasteiger partial charge in [0.1, 0.15) is 19.0 Å². The van der Waals surface area contributed by atoms with Crippen molar-refractivity contribution in [2.45, 2.75) is 41.0 Å². The number of carbonyl (C=O) groups excluding carboxylic acids is 1. The van der Waals surface area contributed by atoms with E-state index in [1.54, 1.807) is 0 Å². The molecule has 33 heavy (non-hydrogen) atoms. The summed E-state index contributed by atoms with van der Waals surface area (Å²) in [5, 5.41) is 0. The SMILES string of the molecule is CC(C)C(CC(C)(C)C)C(=O)OCCOc1c(-c2ccccc2)cccc1-c1ccccc1. The van der Waals surface area contributed by atoms with Gasteiger partial charge in [-0.15, -0.1) is 0 Å². The smallest absolute Gasteiger partial charge is 0.309 e. The molecule has 0 aliphatic carbocycles. The van der Waals surface area contributed by atoms with E-state index in [2.05, 4.69) is 77.1 Å². The molecule has 3 aromatic carbocycles. The predicted octanol–water partition coefficient (Wildman–Crippen LogP) is 7.65. The molecule has 3 heteroatoms. The lowest BCUT2D eigenvalue weighted by Gasteiger charge is -2.27. The zero-order valence-electron chi connectivity index (χ0n) is 20.5. The van der Waals surface area contributed by atoms with E-state index in [0.29, 0.717) is 6.61 Å². The van der Waals surface area contributed by atoms with Gasteiger partial charge in [0.2, 0.25) is 0 Å². The second kappa shape index (κ2) is 11.2. The zero-order chi connectivity index (χ0) is 23.8. The van der Waals surface area contributed by atoms with Crippen LogP contribution < -0.4 is 4.74 Å². The first-order valence-corrected chi connectivity index (χ1v) is 11.8. The highest BCUT2D eigenvalue weighted by Gasteiger charge is 2.28. The van der Waals surface area contributed by atoms with E-state index in [9.17, 15) is 4.79 Å². The zero-order valence-corrected chi connectivity index (χ0v) is 20.5. The third-order valence-corrected chi connectivity index (χ3v) is 5.70. The van der Waals surface area contributed by atoms with Gasteiger partial charge in [-0.05, 0) is 28.9 Å². The van der Waals surface area contributed by atoms with Crippen molar-refractivity contribution >= 4 is 5.97 Å². The van der Waals surface area contributed by atoms with Crippen LogP contribution in [0.5, 0.6) is 5.75 Å². The molecule has 0 aliphatic rings. The van der Waals surface area contributed by atoms with Gasteiger partial charge in [0.15, 0.2) is 0 Å². The molecule has 0 saturated heterocycles. The van der Waals surface area contributed by atoms with Crippen LogP contribution in [-0.2, 0) is 9.53 Å². The van der Waals surface area contributed by atoms with Gasteiger partial charge in [0, 0.05) is 11.1 Å². The monoisotopic (exact) mass is 444 g/mol. The Morgan fingerprint density at radius 1 is 0.758 bits per heavy atom. The third-order valence-electron chi connectivity index (χ3n) is 5.70. The van der Waals surface area contributed by atoms with Crippen molar-refractivity contribution in [2.24, 2.45) is 17.3 Å². The molecule has 0 heterocycles. The third kappa shape index (κ3) is 6.95. The van der Waals surface area contributed by atoms with Crippen molar-refractivity contribution in [3.8, 4) is 28.0 Å². The van der Waals surface area contributed by atoms with Crippen molar-refractivity contribution in [2.75, 3.05) is 13.2 Å². The molecule has 3 rings (SSSR count). The van der Waals surface area contributed by atoms with Crippen LogP contribution in [0.1, 0.15) is 41.0 Å². The number of hydrogen-bond acceptors (Lipinski definition) is 3. The number of benzene rings is 3. The summed E-state index contributed by atoms with van der Waals surface area (Å²) in [4.78, 5) is 12.8. The molecule has 0 N–H and O–H groups in total. The Bertz CT molecular complexity index is 960. The summed E-state index contributed by atoms with van der Waals surface area (Å²) in [5.41, 5.74) is 4.30. The van der Waals surface area contributed by atoms with E-state index < -0.39 is 0 Å². The van der Waals surface area contributed by atoms with Crippen LogP contribution in [0.2, 0.25) is 0 Å². The lowest BCUT2D eigenvalue weighted by atomic mass is 9.80. The molecule has 0 aliphatic heterocycles. The van der Waals surface area contributed by atoms with Crippen LogP contribution in [0.25, 0.3) is 22.3 Å². The number of hydrogen-bond donors (Lipinski definition) is 0. The van der Waals surface area contributed by atoms with Crippen molar-refractivity contribution in [3.63, 3.8) is 0 Å². The van der Waals surface area contributed by atoms with Gasteiger partial charge in [-0.2, -0.15) is 0 Å². The predicted molar refractivity (Wildman–Crippen MR) is 136 cm³/mol. The maximum absolute atomic E-state index is 12.8. The Balaban J connectivity index is 1.77. The Morgan fingerprint density at radius 2 is 1.27 bits per heavy atom. The standard InChI is InChI=1S/C30H36O3/c1-22(2)27(21-30(3,4)5)29(31)33-20-19-32-28-25(23-13-8-6-9-14-23)17-12-18-26(28)24-15-10-7-11-16-24/h6-18,22,27H,19-21H2,1-5H3. The normalized spacial score (nSPS) is 12.4. The summed E-state index contributed by atoms with van der Waals surface area (Å²) >= 11 is 0. The lowest BCUT2D eigenvalue weighted by molar-refractivity contribution is -0.152. The highest BCUT2D eigenvalue weighted by molar-refractivity contribution is 5.82. The van der Waals surface area contributed by atoms with Crippen molar-refractivity contribution in [1.29, 1.82) is 0 Å². The average Bonchev–Trinajstić information content (AvgIpc) is 2.80. The Labute approximate surface area is 198 Å². The van der Waals surface area contributed by atoms with Crippen LogP contribution in [0, 0.1) is 17.3 Å². The van der Waals surface area contributed by atoms with E-state index in [1.165, 1.54) is 0 Å². The molecule has 0 fully saturated rings. The average molecular weight is 445 g/mol. The molecular formula is C30H36O3. The fourth-order valence-corrected chi connectivity index (χ4v) is 4.03. The van der Waals surface area contributed by atoms with E-state index in [0.717, 1.165) is 34.4 Å². The summed E-state index contributed by atoms with van der Waals surface area (Å²) in [6.07, 6.45) is 0.805. The Kier molecular flexibility index (Phi) is 8.32. The number of rotatable bonds is 9. The van der Waals surface area contributed by atoms with Crippen molar-refractivity contribution < 1.29 is 14.3 Å². The highest BCUT2D eigenvalue weighted by Crippen LogP contribution is 2.39. The minimum absolute atomic E-state index is 0.0731. The lowest BCUT2D eigenvalue weighted by Crippen LogP contribution is -2.28. The quantitative estimate of drug-likeness (QED) is 0.251. The largest absolute Gasteiger partial charge is 0.489 e. The molecule has 0 spiro atoms. The number of ether oxygens (including phenoxy) is 2. The first-order valence-electron chi connectivity index (χ1n) is 11.8. The van der Waals surface area contributed by atoms with Crippen molar-refractivity contribution in [3.05, 3.63) is 78.9 Å². The van der Waals surface area contributed by atoms with Crippen molar-refractivity contribution in [1.82, 2.24) is 0 Å². The van der Waals surface area contributed by atoms with Crippen LogP contribution in [0.3, 0.4) is 0 Å². The molecule has 0 amide bonds. The second-order valence-electron chi connectivity index (χ2n) is 10.0. The molecule has 0 bridgehead atoms. The summed E-state index contributed by atoms with van der Waals surface area (Å²) in [6, 6.07) is 26.6. The summed E-state index contributed by atoms with van der Waals surface area (Å²) in [7, 11) is 0.